The number of nitrogens with zero attached hydrogens (tertiary/aromatic N) is 1. The van der Waals surface area contributed by atoms with Gasteiger partial charge in [0, 0.05) is 12.5 Å². The van der Waals surface area contributed by atoms with E-state index < -0.39 is 23.7 Å². The van der Waals surface area contributed by atoms with Crippen molar-refractivity contribution in [1.29, 1.82) is 0 Å². The van der Waals surface area contributed by atoms with Crippen LogP contribution in [0.3, 0.4) is 0 Å². The second kappa shape index (κ2) is 8.27. The molecule has 1 atom stereocenters. The van der Waals surface area contributed by atoms with E-state index in [4.69, 9.17) is 4.52 Å². The van der Waals surface area contributed by atoms with E-state index in [-0.39, 0.29) is 17.8 Å². The minimum Gasteiger partial charge on any atom is -0.360 e. The minimum atomic E-state index is -0.920. The number of nitrogens with one attached hydrogen (secondary N) is 2. The number of hydrogen-bond acceptors (Lipinski definition) is 4. The van der Waals surface area contributed by atoms with Gasteiger partial charge in [-0.25, -0.2) is 4.39 Å². The van der Waals surface area contributed by atoms with Crippen LogP contribution in [-0.2, 0) is 11.2 Å². The average Bonchev–Trinajstić information content (AvgIpc) is 3.07. The zero-order valence-corrected chi connectivity index (χ0v) is 14.6. The van der Waals surface area contributed by atoms with Crippen molar-refractivity contribution in [1.82, 2.24) is 10.5 Å². The van der Waals surface area contributed by atoms with Gasteiger partial charge in [-0.2, -0.15) is 0 Å². The van der Waals surface area contributed by atoms with E-state index in [1.165, 1.54) is 18.2 Å². The molecule has 7 heteroatoms. The van der Waals surface area contributed by atoms with Gasteiger partial charge in [0.05, 0.1) is 5.56 Å². The van der Waals surface area contributed by atoms with Gasteiger partial charge in [-0.3, -0.25) is 9.59 Å². The summed E-state index contributed by atoms with van der Waals surface area (Å²) in [5, 5.41) is 8.92. The van der Waals surface area contributed by atoms with Gasteiger partial charge >= 0.3 is 0 Å². The Hall–Kier alpha value is -3.48. The van der Waals surface area contributed by atoms with E-state index in [0.29, 0.717) is 5.76 Å². The maximum Gasteiger partial charge on any atom is 0.254 e. The van der Waals surface area contributed by atoms with Gasteiger partial charge in [-0.05, 0) is 24.6 Å². The predicted octanol–water partition coefficient (Wildman–Crippen LogP) is 3.10. The van der Waals surface area contributed by atoms with Crippen molar-refractivity contribution in [2.75, 3.05) is 5.32 Å². The van der Waals surface area contributed by atoms with Crippen LogP contribution in [0.1, 0.15) is 21.7 Å². The number of carbonyl (C=O) groups is 2. The van der Waals surface area contributed by atoms with Gasteiger partial charge in [-0.1, -0.05) is 47.6 Å². The molecule has 0 radical (unpaired) electrons. The molecule has 2 aromatic carbocycles. The van der Waals surface area contributed by atoms with Gasteiger partial charge in [0.15, 0.2) is 5.82 Å². The maximum atomic E-state index is 13.9. The van der Waals surface area contributed by atoms with Gasteiger partial charge in [-0.15, -0.1) is 0 Å². The van der Waals surface area contributed by atoms with Crippen molar-refractivity contribution in [2.45, 2.75) is 19.4 Å². The second-order valence-electron chi connectivity index (χ2n) is 6.01. The fourth-order valence-electron chi connectivity index (χ4n) is 2.58. The molecule has 0 fully saturated rings. The summed E-state index contributed by atoms with van der Waals surface area (Å²) in [5.41, 5.74) is 0.725. The Balaban J connectivity index is 1.79. The Morgan fingerprint density at radius 3 is 2.48 bits per heavy atom. The lowest BCUT2D eigenvalue weighted by atomic mass is 10.0. The van der Waals surface area contributed by atoms with Crippen LogP contribution in [0.4, 0.5) is 10.2 Å². The second-order valence-corrected chi connectivity index (χ2v) is 6.01. The lowest BCUT2D eigenvalue weighted by Gasteiger charge is -2.18. The molecule has 27 heavy (non-hydrogen) atoms. The highest BCUT2D eigenvalue weighted by atomic mass is 19.1. The molecule has 0 bridgehead atoms. The van der Waals surface area contributed by atoms with Crippen LogP contribution in [0, 0.1) is 12.7 Å². The first kappa shape index (κ1) is 18.3. The van der Waals surface area contributed by atoms with Crippen molar-refractivity contribution in [3.05, 3.63) is 83.4 Å². The molecule has 0 spiro atoms. The summed E-state index contributed by atoms with van der Waals surface area (Å²) in [6.45, 7) is 1.70. The van der Waals surface area contributed by atoms with Crippen LogP contribution in [-0.4, -0.2) is 23.0 Å². The van der Waals surface area contributed by atoms with Gasteiger partial charge in [0.25, 0.3) is 5.91 Å². The molecule has 0 aliphatic carbocycles. The number of hydrogen-bond donors (Lipinski definition) is 2. The van der Waals surface area contributed by atoms with Crippen LogP contribution in [0.2, 0.25) is 0 Å². The molecule has 2 amide bonds. The Morgan fingerprint density at radius 2 is 1.81 bits per heavy atom. The summed E-state index contributed by atoms with van der Waals surface area (Å²) in [5.74, 6) is -1.01. The van der Waals surface area contributed by atoms with Crippen LogP contribution >= 0.6 is 0 Å². The smallest absolute Gasteiger partial charge is 0.254 e. The number of benzene rings is 2. The van der Waals surface area contributed by atoms with E-state index >= 15 is 0 Å². The Labute approximate surface area is 155 Å². The molecule has 1 aromatic heterocycles. The molecule has 2 N–H and O–H groups in total. The predicted molar refractivity (Wildman–Crippen MR) is 97.7 cm³/mol. The topological polar surface area (TPSA) is 84.2 Å². The molecule has 0 unspecified atom stereocenters. The normalized spacial score (nSPS) is 11.6. The molecule has 3 rings (SSSR count). The first-order chi connectivity index (χ1) is 13.0. The molecule has 0 saturated carbocycles. The first-order valence-corrected chi connectivity index (χ1v) is 8.36. The molecule has 6 nitrogen and oxygen atoms in total. The third kappa shape index (κ3) is 4.78. The van der Waals surface area contributed by atoms with Crippen LogP contribution in [0.5, 0.6) is 0 Å². The van der Waals surface area contributed by atoms with Gasteiger partial charge < -0.3 is 15.2 Å². The Kier molecular flexibility index (Phi) is 5.61. The zero-order valence-electron chi connectivity index (χ0n) is 14.6. The van der Waals surface area contributed by atoms with Crippen molar-refractivity contribution in [3.63, 3.8) is 0 Å². The number of carbonyl (C=O) groups excluding carboxylic acids is 2. The van der Waals surface area contributed by atoms with Crippen molar-refractivity contribution >= 4 is 17.6 Å². The largest absolute Gasteiger partial charge is 0.360 e. The number of amides is 2. The molecule has 138 valence electrons. The highest BCUT2D eigenvalue weighted by Crippen LogP contribution is 2.11. The Morgan fingerprint density at radius 1 is 1.11 bits per heavy atom. The van der Waals surface area contributed by atoms with Gasteiger partial charge in [0.1, 0.15) is 17.6 Å². The highest BCUT2D eigenvalue weighted by molar-refractivity contribution is 6.01. The van der Waals surface area contributed by atoms with Crippen molar-refractivity contribution < 1.29 is 18.5 Å². The molecule has 1 heterocycles. The average molecular weight is 367 g/mol. The van der Waals surface area contributed by atoms with Crippen LogP contribution < -0.4 is 10.6 Å². The number of rotatable bonds is 6. The third-order valence-electron chi connectivity index (χ3n) is 3.90. The van der Waals surface area contributed by atoms with Crippen molar-refractivity contribution in [2.24, 2.45) is 0 Å². The van der Waals surface area contributed by atoms with E-state index in [0.717, 1.165) is 5.56 Å². The lowest BCUT2D eigenvalue weighted by Crippen LogP contribution is -2.45. The summed E-state index contributed by atoms with van der Waals surface area (Å²) in [4.78, 5) is 25.1. The third-order valence-corrected chi connectivity index (χ3v) is 3.90. The quantitative estimate of drug-likeness (QED) is 0.701. The first-order valence-electron chi connectivity index (χ1n) is 8.36. The molecule has 0 saturated heterocycles. The van der Waals surface area contributed by atoms with E-state index in [9.17, 15) is 14.0 Å². The fraction of sp³-hybridized carbons (Fsp3) is 0.150. The van der Waals surface area contributed by atoms with E-state index in [2.05, 4.69) is 15.8 Å². The number of anilines is 1. The highest BCUT2D eigenvalue weighted by Gasteiger charge is 2.24. The standard InChI is InChI=1S/C20H18FN3O3/c1-13-11-18(24-27-13)23-20(26)17(12-14-7-3-2-4-8-14)22-19(25)15-9-5-6-10-16(15)21/h2-11,17H,12H2,1H3,(H,22,25)(H,23,24,26)/t17-/m0/s1. The van der Waals surface area contributed by atoms with E-state index in [1.807, 2.05) is 30.3 Å². The van der Waals surface area contributed by atoms with Crippen LogP contribution in [0.25, 0.3) is 0 Å². The van der Waals surface area contributed by atoms with Gasteiger partial charge in [0.2, 0.25) is 5.91 Å². The molecule has 3 aromatic rings. The molecular formula is C20H18FN3O3. The molecule has 0 aliphatic heterocycles. The summed E-state index contributed by atoms with van der Waals surface area (Å²) in [6.07, 6.45) is 0.240. The summed E-state index contributed by atoms with van der Waals surface area (Å²) >= 11 is 0. The Bertz CT molecular complexity index is 940. The summed E-state index contributed by atoms with van der Waals surface area (Å²) in [7, 11) is 0. The zero-order chi connectivity index (χ0) is 19.2. The molecular weight excluding hydrogens is 349 g/mol. The summed E-state index contributed by atoms with van der Waals surface area (Å²) < 4.78 is 18.8. The fourth-order valence-corrected chi connectivity index (χ4v) is 2.58. The maximum absolute atomic E-state index is 13.9. The number of aromatic nitrogens is 1. The summed E-state index contributed by atoms with van der Waals surface area (Å²) in [6, 6.07) is 15.5. The lowest BCUT2D eigenvalue weighted by molar-refractivity contribution is -0.118. The monoisotopic (exact) mass is 367 g/mol. The van der Waals surface area contributed by atoms with Crippen LogP contribution in [0.15, 0.2) is 65.2 Å². The van der Waals surface area contributed by atoms with Crippen molar-refractivity contribution in [3.8, 4) is 0 Å². The molecule has 0 aliphatic rings. The number of aryl methyl sites for hydroxylation is 1. The minimum absolute atomic E-state index is 0.124. The SMILES string of the molecule is Cc1cc(NC(=O)[C@H](Cc2ccccc2)NC(=O)c2ccccc2F)no1. The number of halogens is 1. The van der Waals surface area contributed by atoms with E-state index in [1.54, 1.807) is 19.1 Å².